The van der Waals surface area contributed by atoms with Crippen LogP contribution in [0, 0.1) is 0 Å². The largest absolute Gasteiger partial charge is 0.338 e. The Morgan fingerprint density at radius 1 is 1.31 bits per heavy atom. The van der Waals surface area contributed by atoms with Crippen LogP contribution >= 0.6 is 23.7 Å². The third-order valence-electron chi connectivity index (χ3n) is 4.04. The minimum Gasteiger partial charge on any atom is -0.338 e. The molecule has 0 unspecified atom stereocenters. The number of carbonyl (C=O) groups excluding carboxylic acids is 1. The van der Waals surface area contributed by atoms with Crippen LogP contribution in [-0.2, 0) is 6.42 Å². The lowest BCUT2D eigenvalue weighted by Gasteiger charge is -2.27. The van der Waals surface area contributed by atoms with Crippen molar-refractivity contribution in [3.8, 4) is 0 Å². The highest BCUT2D eigenvalue weighted by Crippen LogP contribution is 2.12. The van der Waals surface area contributed by atoms with Gasteiger partial charge in [-0.2, -0.15) is 0 Å². The first-order valence-corrected chi connectivity index (χ1v) is 9.36. The summed E-state index contributed by atoms with van der Waals surface area (Å²) < 4.78 is 0. The normalized spacial score (nSPS) is 13.8. The van der Waals surface area contributed by atoms with Crippen LogP contribution in [0.1, 0.15) is 11.9 Å². The van der Waals surface area contributed by atoms with Gasteiger partial charge in [-0.15, -0.1) is 23.7 Å². The molecule has 2 N–H and O–H groups in total. The van der Waals surface area contributed by atoms with Crippen molar-refractivity contribution >= 4 is 41.4 Å². The first-order chi connectivity index (χ1) is 12.3. The molecule has 0 aromatic carbocycles. The summed E-state index contributed by atoms with van der Waals surface area (Å²) in [5.74, 6) is 0.704. The molecule has 0 spiro atoms. The Labute approximate surface area is 163 Å². The lowest BCUT2D eigenvalue weighted by molar-refractivity contribution is 0.215. The molecule has 0 aliphatic carbocycles. The first-order valence-electron chi connectivity index (χ1n) is 8.48. The van der Waals surface area contributed by atoms with Crippen LogP contribution in [0.4, 0.5) is 16.4 Å². The van der Waals surface area contributed by atoms with Gasteiger partial charge in [-0.3, -0.25) is 0 Å². The van der Waals surface area contributed by atoms with Gasteiger partial charge in [0.2, 0.25) is 5.95 Å². The molecular weight excluding hydrogens is 374 g/mol. The number of hydrogen-bond donors (Lipinski definition) is 2. The van der Waals surface area contributed by atoms with Crippen LogP contribution in [0.25, 0.3) is 0 Å². The zero-order chi connectivity index (χ0) is 17.5. The van der Waals surface area contributed by atoms with E-state index in [1.54, 1.807) is 34.8 Å². The summed E-state index contributed by atoms with van der Waals surface area (Å²) in [6.45, 7) is 6.90. The van der Waals surface area contributed by atoms with E-state index < -0.39 is 0 Å². The number of likely N-dealkylation sites (N-methyl/N-ethyl adjacent to an activating group) is 1. The third-order valence-corrected chi connectivity index (χ3v) is 4.88. The number of anilines is 2. The van der Waals surface area contributed by atoms with Gasteiger partial charge in [-0.1, -0.05) is 0 Å². The van der Waals surface area contributed by atoms with Crippen molar-refractivity contribution in [2.24, 2.45) is 0 Å². The fraction of sp³-hybridized carbons (Fsp3) is 0.500. The van der Waals surface area contributed by atoms with Crippen LogP contribution in [0.2, 0.25) is 0 Å². The zero-order valence-corrected chi connectivity index (χ0v) is 16.4. The molecular formula is C16H24ClN7OS. The fourth-order valence-electron chi connectivity index (χ4n) is 2.63. The van der Waals surface area contributed by atoms with Crippen molar-refractivity contribution in [3.05, 3.63) is 29.0 Å². The number of hydrogen-bond acceptors (Lipinski definition) is 7. The van der Waals surface area contributed by atoms with Gasteiger partial charge in [0.05, 0.1) is 23.1 Å². The lowest BCUT2D eigenvalue weighted by Crippen LogP contribution is -2.44. The van der Waals surface area contributed by atoms with Crippen molar-refractivity contribution in [2.75, 3.05) is 49.5 Å². The molecule has 10 heteroatoms. The van der Waals surface area contributed by atoms with Crippen LogP contribution in [0.15, 0.2) is 24.0 Å². The van der Waals surface area contributed by atoms with Crippen molar-refractivity contribution in [1.29, 1.82) is 0 Å². The van der Waals surface area contributed by atoms with Gasteiger partial charge in [0, 0.05) is 57.3 Å². The molecule has 26 heavy (non-hydrogen) atoms. The van der Waals surface area contributed by atoms with Crippen LogP contribution in [0.5, 0.6) is 0 Å². The van der Waals surface area contributed by atoms with E-state index in [1.165, 1.54) is 0 Å². The average molecular weight is 398 g/mol. The van der Waals surface area contributed by atoms with Gasteiger partial charge in [0.1, 0.15) is 0 Å². The number of halogens is 1. The number of urea groups is 1. The maximum atomic E-state index is 12.4. The van der Waals surface area contributed by atoms with E-state index in [0.29, 0.717) is 24.7 Å². The summed E-state index contributed by atoms with van der Waals surface area (Å²) in [6.07, 6.45) is 5.87. The Morgan fingerprint density at radius 2 is 2.04 bits per heavy atom. The predicted molar refractivity (Wildman–Crippen MR) is 106 cm³/mol. The molecule has 0 radical (unpaired) electrons. The predicted octanol–water partition coefficient (Wildman–Crippen LogP) is 1.86. The maximum Gasteiger partial charge on any atom is 0.321 e. The van der Waals surface area contributed by atoms with Crippen molar-refractivity contribution in [3.63, 3.8) is 0 Å². The number of carbonyl (C=O) groups is 1. The molecule has 1 aliphatic rings. The number of amides is 2. The number of nitrogens with one attached hydrogen (secondary N) is 2. The molecule has 2 aromatic heterocycles. The van der Waals surface area contributed by atoms with Gasteiger partial charge in [-0.25, -0.2) is 19.7 Å². The SMILES string of the molecule is CCN(CCc1nccs1)C(=O)Nc1cnc(N2CCNCC2)nc1.Cl. The van der Waals surface area contributed by atoms with E-state index >= 15 is 0 Å². The van der Waals surface area contributed by atoms with E-state index in [-0.39, 0.29) is 18.4 Å². The standard InChI is InChI=1S/C16H23N7OS.ClH/c1-2-22(7-3-14-18-6-10-25-14)16(24)21-13-11-19-15(20-12-13)23-8-4-17-5-9-23;/h6,10-12,17H,2-5,7-9H2,1H3,(H,21,24);1H. The van der Waals surface area contributed by atoms with E-state index in [1.807, 2.05) is 12.3 Å². The number of rotatable bonds is 6. The van der Waals surface area contributed by atoms with E-state index in [0.717, 1.165) is 37.6 Å². The summed E-state index contributed by atoms with van der Waals surface area (Å²) >= 11 is 1.61. The Balaban J connectivity index is 0.00000243. The second kappa shape index (κ2) is 10.2. The van der Waals surface area contributed by atoms with Gasteiger partial charge < -0.3 is 20.4 Å². The summed E-state index contributed by atoms with van der Waals surface area (Å²) in [5.41, 5.74) is 0.608. The first kappa shape index (κ1) is 20.3. The maximum absolute atomic E-state index is 12.4. The molecule has 3 heterocycles. The topological polar surface area (TPSA) is 86.3 Å². The average Bonchev–Trinajstić information content (AvgIpc) is 3.17. The highest BCUT2D eigenvalue weighted by molar-refractivity contribution is 7.09. The van der Waals surface area contributed by atoms with Gasteiger partial charge in [-0.05, 0) is 6.92 Å². The molecule has 3 rings (SSSR count). The van der Waals surface area contributed by atoms with Crippen LogP contribution in [-0.4, -0.2) is 65.2 Å². The van der Waals surface area contributed by atoms with E-state index in [2.05, 4.69) is 30.5 Å². The van der Waals surface area contributed by atoms with Crippen molar-refractivity contribution in [1.82, 2.24) is 25.2 Å². The summed E-state index contributed by atoms with van der Waals surface area (Å²) in [7, 11) is 0. The Bertz CT molecular complexity index is 662. The van der Waals surface area contributed by atoms with E-state index in [9.17, 15) is 4.79 Å². The van der Waals surface area contributed by atoms with Crippen LogP contribution in [0.3, 0.4) is 0 Å². The van der Waals surface area contributed by atoms with Crippen LogP contribution < -0.4 is 15.5 Å². The smallest absolute Gasteiger partial charge is 0.321 e. The molecule has 142 valence electrons. The van der Waals surface area contributed by atoms with E-state index in [4.69, 9.17) is 0 Å². The zero-order valence-electron chi connectivity index (χ0n) is 14.7. The highest BCUT2D eigenvalue weighted by Gasteiger charge is 2.15. The van der Waals surface area contributed by atoms with Crippen molar-refractivity contribution < 1.29 is 4.79 Å². The van der Waals surface area contributed by atoms with Gasteiger partial charge in [0.25, 0.3) is 0 Å². The Morgan fingerprint density at radius 3 is 2.65 bits per heavy atom. The Kier molecular flexibility index (Phi) is 8.02. The molecule has 0 atom stereocenters. The molecule has 2 amide bonds. The molecule has 1 saturated heterocycles. The quantitative estimate of drug-likeness (QED) is 0.773. The highest BCUT2D eigenvalue weighted by atomic mass is 35.5. The fourth-order valence-corrected chi connectivity index (χ4v) is 3.24. The summed E-state index contributed by atoms with van der Waals surface area (Å²) in [4.78, 5) is 29.3. The molecule has 0 saturated carbocycles. The third kappa shape index (κ3) is 5.52. The molecule has 8 nitrogen and oxygen atoms in total. The monoisotopic (exact) mass is 397 g/mol. The summed E-state index contributed by atoms with van der Waals surface area (Å²) in [6, 6.07) is -0.141. The number of piperazine rings is 1. The molecule has 1 aliphatic heterocycles. The second-order valence-electron chi connectivity index (χ2n) is 5.69. The molecule has 0 bridgehead atoms. The second-order valence-corrected chi connectivity index (χ2v) is 6.67. The molecule has 2 aromatic rings. The molecule has 1 fully saturated rings. The Hall–Kier alpha value is -1.97. The van der Waals surface area contributed by atoms with Gasteiger partial charge >= 0.3 is 6.03 Å². The van der Waals surface area contributed by atoms with Gasteiger partial charge in [0.15, 0.2) is 0 Å². The lowest BCUT2D eigenvalue weighted by atomic mass is 10.4. The minimum atomic E-state index is -0.141. The number of aromatic nitrogens is 3. The van der Waals surface area contributed by atoms with Crippen molar-refractivity contribution in [2.45, 2.75) is 13.3 Å². The minimum absolute atomic E-state index is 0. The number of nitrogens with zero attached hydrogens (tertiary/aromatic N) is 5. The summed E-state index contributed by atoms with van der Waals surface area (Å²) in [5, 5.41) is 9.15. The number of thiazole rings is 1.